The second-order valence-electron chi connectivity index (χ2n) is 6.25. The lowest BCUT2D eigenvalue weighted by molar-refractivity contribution is 0.0908. The predicted molar refractivity (Wildman–Crippen MR) is 98.8 cm³/mol. The highest BCUT2D eigenvalue weighted by atomic mass is 35.5. The molecule has 1 aromatic heterocycles. The van der Waals surface area contributed by atoms with Crippen LogP contribution in [-0.4, -0.2) is 41.0 Å². The van der Waals surface area contributed by atoms with Crippen LogP contribution in [-0.2, 0) is 13.0 Å². The summed E-state index contributed by atoms with van der Waals surface area (Å²) in [4.78, 5) is 19.6. The molecule has 7 heteroatoms. The third kappa shape index (κ3) is 4.60. The van der Waals surface area contributed by atoms with E-state index in [1.54, 1.807) is 0 Å². The fraction of sp³-hybridized carbons (Fsp3) is 0.444. The molecule has 4 N–H and O–H groups in total. The van der Waals surface area contributed by atoms with Crippen molar-refractivity contribution in [3.05, 3.63) is 52.6 Å². The average Bonchev–Trinajstić information content (AvgIpc) is 3.03. The second-order valence-corrected chi connectivity index (χ2v) is 6.61. The number of H-pyrrole nitrogens is 1. The minimum atomic E-state index is -0.208. The predicted octanol–water partition coefficient (Wildman–Crippen LogP) is 1.88. The fourth-order valence-electron chi connectivity index (χ4n) is 3.06. The molecule has 134 valence electrons. The van der Waals surface area contributed by atoms with Crippen LogP contribution in [0.3, 0.4) is 0 Å². The van der Waals surface area contributed by atoms with Crippen molar-refractivity contribution >= 4 is 17.5 Å². The van der Waals surface area contributed by atoms with Crippen LogP contribution in [0, 0.1) is 0 Å². The molecule has 2 heterocycles. The number of rotatable bonds is 6. The van der Waals surface area contributed by atoms with Gasteiger partial charge in [0, 0.05) is 25.2 Å². The fourth-order valence-corrected chi connectivity index (χ4v) is 3.32. The summed E-state index contributed by atoms with van der Waals surface area (Å²) >= 11 is 6.03. The molecule has 1 amide bonds. The molecule has 0 unspecified atom stereocenters. The first-order valence-corrected chi connectivity index (χ1v) is 9.08. The number of nitrogens with one attached hydrogen (secondary N) is 4. The highest BCUT2D eigenvalue weighted by Gasteiger charge is 2.27. The van der Waals surface area contributed by atoms with E-state index in [-0.39, 0.29) is 23.8 Å². The molecule has 25 heavy (non-hydrogen) atoms. The third-order valence-electron chi connectivity index (χ3n) is 4.51. The van der Waals surface area contributed by atoms with Crippen LogP contribution in [0.5, 0.6) is 0 Å². The summed E-state index contributed by atoms with van der Waals surface area (Å²) in [5.41, 5.74) is 2.01. The lowest BCUT2D eigenvalue weighted by Gasteiger charge is -2.33. The monoisotopic (exact) mass is 361 g/mol. The highest BCUT2D eigenvalue weighted by Crippen LogP contribution is 2.14. The molecule has 2 aromatic rings. The van der Waals surface area contributed by atoms with E-state index in [1.807, 2.05) is 25.1 Å². The number of aryl methyl sites for hydroxylation is 1. The van der Waals surface area contributed by atoms with Gasteiger partial charge in [-0.05, 0) is 24.9 Å². The first-order valence-electron chi connectivity index (χ1n) is 8.70. The van der Waals surface area contributed by atoms with Crippen LogP contribution in [0.15, 0.2) is 30.3 Å². The molecule has 1 fully saturated rings. The number of benzene rings is 1. The molecule has 2 atom stereocenters. The molecule has 1 aromatic carbocycles. The van der Waals surface area contributed by atoms with Gasteiger partial charge in [0.25, 0.3) is 5.91 Å². The maximum atomic E-state index is 12.5. The summed E-state index contributed by atoms with van der Waals surface area (Å²) in [7, 11) is 0. The summed E-state index contributed by atoms with van der Waals surface area (Å²) in [6, 6.07) is 10.5. The lowest BCUT2D eigenvalue weighted by atomic mass is 10.00. The van der Waals surface area contributed by atoms with Gasteiger partial charge in [0.1, 0.15) is 0 Å². The summed E-state index contributed by atoms with van der Waals surface area (Å²) in [5, 5.41) is 10.4. The molecule has 0 saturated carbocycles. The van der Waals surface area contributed by atoms with Crippen molar-refractivity contribution in [1.82, 2.24) is 25.9 Å². The lowest BCUT2D eigenvalue weighted by Crippen LogP contribution is -2.58. The van der Waals surface area contributed by atoms with Crippen LogP contribution in [0.1, 0.15) is 35.2 Å². The largest absolute Gasteiger partial charge is 0.345 e. The molecule has 0 bridgehead atoms. The summed E-state index contributed by atoms with van der Waals surface area (Å²) in [6.07, 6.45) is 1.58. The molecule has 1 aliphatic heterocycles. The van der Waals surface area contributed by atoms with Crippen LogP contribution in [0.25, 0.3) is 0 Å². The molecule has 0 radical (unpaired) electrons. The van der Waals surface area contributed by atoms with E-state index >= 15 is 0 Å². The Kier molecular flexibility index (Phi) is 6.07. The zero-order valence-corrected chi connectivity index (χ0v) is 15.1. The number of hydrogen-bond donors (Lipinski definition) is 4. The SMILES string of the molecule is CCc1[nH]c(C(=O)N[C@@H]2CCNC[C@H]2NCc2ccccc2)nc1Cl. The van der Waals surface area contributed by atoms with E-state index < -0.39 is 0 Å². The minimum absolute atomic E-state index is 0.0476. The molecule has 0 aliphatic carbocycles. The maximum Gasteiger partial charge on any atom is 0.287 e. The van der Waals surface area contributed by atoms with E-state index in [2.05, 4.69) is 38.1 Å². The Morgan fingerprint density at radius 2 is 2.12 bits per heavy atom. The number of hydrogen-bond acceptors (Lipinski definition) is 4. The summed E-state index contributed by atoms with van der Waals surface area (Å²) in [6.45, 7) is 4.44. The van der Waals surface area contributed by atoms with Crippen molar-refractivity contribution in [3.63, 3.8) is 0 Å². The highest BCUT2D eigenvalue weighted by molar-refractivity contribution is 6.30. The number of halogens is 1. The maximum absolute atomic E-state index is 12.5. The van der Waals surface area contributed by atoms with Crippen molar-refractivity contribution in [2.45, 2.75) is 38.4 Å². The standard InChI is InChI=1S/C18H24ClN5O/c1-2-13-16(19)24-17(22-13)18(25)23-14-8-9-20-11-15(14)21-10-12-6-4-3-5-7-12/h3-7,14-15,20-21H,2,8-11H2,1H3,(H,22,24)(H,23,25)/t14-,15-/m1/s1. The molecule has 6 nitrogen and oxygen atoms in total. The zero-order chi connectivity index (χ0) is 17.6. The quantitative estimate of drug-likeness (QED) is 0.633. The van der Waals surface area contributed by atoms with E-state index in [1.165, 1.54) is 5.56 Å². The van der Waals surface area contributed by atoms with Crippen LogP contribution < -0.4 is 16.0 Å². The van der Waals surface area contributed by atoms with Crippen molar-refractivity contribution in [2.24, 2.45) is 0 Å². The minimum Gasteiger partial charge on any atom is -0.345 e. The van der Waals surface area contributed by atoms with Crippen molar-refractivity contribution in [1.29, 1.82) is 0 Å². The van der Waals surface area contributed by atoms with Gasteiger partial charge >= 0.3 is 0 Å². The Morgan fingerprint density at radius 1 is 1.32 bits per heavy atom. The number of nitrogens with zero attached hydrogens (tertiary/aromatic N) is 1. The van der Waals surface area contributed by atoms with E-state index in [4.69, 9.17) is 11.6 Å². The molecule has 0 spiro atoms. The van der Waals surface area contributed by atoms with Gasteiger partial charge in [0.2, 0.25) is 0 Å². The molecular weight excluding hydrogens is 338 g/mol. The topological polar surface area (TPSA) is 81.8 Å². The van der Waals surface area contributed by atoms with Crippen molar-refractivity contribution in [3.8, 4) is 0 Å². The van der Waals surface area contributed by atoms with Gasteiger partial charge in [0.15, 0.2) is 11.0 Å². The molecule has 1 aliphatic rings. The van der Waals surface area contributed by atoms with Gasteiger partial charge in [-0.1, -0.05) is 48.9 Å². The van der Waals surface area contributed by atoms with Gasteiger partial charge in [-0.2, -0.15) is 0 Å². The van der Waals surface area contributed by atoms with E-state index in [0.717, 1.165) is 31.7 Å². The van der Waals surface area contributed by atoms with Gasteiger partial charge in [-0.3, -0.25) is 4.79 Å². The van der Waals surface area contributed by atoms with Gasteiger partial charge in [-0.25, -0.2) is 4.98 Å². The molecular formula is C18H24ClN5O. The number of piperidine rings is 1. The van der Waals surface area contributed by atoms with Crippen molar-refractivity contribution < 1.29 is 4.79 Å². The Bertz CT molecular complexity index is 703. The van der Waals surface area contributed by atoms with Gasteiger partial charge < -0.3 is 20.9 Å². The Hall–Kier alpha value is -1.89. The number of carbonyl (C=O) groups excluding carboxylic acids is 1. The van der Waals surface area contributed by atoms with E-state index in [9.17, 15) is 4.79 Å². The Labute approximate surface area is 152 Å². The van der Waals surface area contributed by atoms with Gasteiger partial charge in [0.05, 0.1) is 5.69 Å². The van der Waals surface area contributed by atoms with Crippen LogP contribution in [0.4, 0.5) is 0 Å². The molecule has 1 saturated heterocycles. The summed E-state index contributed by atoms with van der Waals surface area (Å²) < 4.78 is 0. The average molecular weight is 362 g/mol. The Morgan fingerprint density at radius 3 is 2.84 bits per heavy atom. The first kappa shape index (κ1) is 17.9. The van der Waals surface area contributed by atoms with Crippen molar-refractivity contribution in [2.75, 3.05) is 13.1 Å². The number of aromatic nitrogens is 2. The zero-order valence-electron chi connectivity index (χ0n) is 14.3. The number of carbonyl (C=O) groups is 1. The Balaban J connectivity index is 1.61. The smallest absolute Gasteiger partial charge is 0.287 e. The number of aromatic amines is 1. The van der Waals surface area contributed by atoms with Crippen LogP contribution >= 0.6 is 11.6 Å². The number of imidazole rings is 1. The van der Waals surface area contributed by atoms with E-state index in [0.29, 0.717) is 11.6 Å². The third-order valence-corrected chi connectivity index (χ3v) is 4.82. The van der Waals surface area contributed by atoms with Crippen LogP contribution in [0.2, 0.25) is 5.15 Å². The normalized spacial score (nSPS) is 20.4. The first-order chi connectivity index (χ1) is 12.2. The molecule has 3 rings (SSSR count). The number of amides is 1. The summed E-state index contributed by atoms with van der Waals surface area (Å²) in [5.74, 6) is 0.0715. The van der Waals surface area contributed by atoms with Gasteiger partial charge in [-0.15, -0.1) is 0 Å². The second kappa shape index (κ2) is 8.47.